The number of anilines is 1. The van der Waals surface area contributed by atoms with Gasteiger partial charge in [-0.2, -0.15) is 13.2 Å². The van der Waals surface area contributed by atoms with Crippen LogP contribution >= 0.6 is 0 Å². The van der Waals surface area contributed by atoms with E-state index in [9.17, 15) is 37.1 Å². The lowest BCUT2D eigenvalue weighted by Crippen LogP contribution is -2.39. The summed E-state index contributed by atoms with van der Waals surface area (Å²) in [6.07, 6.45) is -9.69. The van der Waals surface area contributed by atoms with Crippen molar-refractivity contribution < 1.29 is 56.3 Å². The van der Waals surface area contributed by atoms with E-state index in [1.165, 1.54) is 19.5 Å². The minimum absolute atomic E-state index is 0.283. The molecule has 3 N–H and O–H groups in total. The predicted octanol–water partition coefficient (Wildman–Crippen LogP) is 4.13. The number of carbonyl (C=O) groups is 3. The molecule has 1 amide bonds. The minimum atomic E-state index is -5.34. The van der Waals surface area contributed by atoms with Crippen molar-refractivity contribution in [1.29, 1.82) is 0 Å². The molecule has 3 atom stereocenters. The zero-order valence-electron chi connectivity index (χ0n) is 28.3. The second-order valence-corrected chi connectivity index (χ2v) is 11.8. The van der Waals surface area contributed by atoms with Crippen molar-refractivity contribution in [3.05, 3.63) is 123 Å². The van der Waals surface area contributed by atoms with Crippen LogP contribution in [0.2, 0.25) is 0 Å². The molecule has 0 radical (unpaired) electrons. The molecule has 4 aromatic rings. The number of nitrogens with one attached hydrogen (secondary N) is 2. The Balaban J connectivity index is 1.56. The minimum Gasteiger partial charge on any atom is -0.497 e. The van der Waals surface area contributed by atoms with Gasteiger partial charge >= 0.3 is 29.7 Å². The van der Waals surface area contributed by atoms with Gasteiger partial charge in [0.1, 0.15) is 41.2 Å². The number of alkyl halides is 3. The van der Waals surface area contributed by atoms with E-state index < -0.39 is 77.8 Å². The number of esters is 1. The van der Waals surface area contributed by atoms with Gasteiger partial charge in [-0.1, -0.05) is 54.6 Å². The van der Waals surface area contributed by atoms with E-state index in [1.54, 1.807) is 48.5 Å². The maximum Gasteiger partial charge on any atom is 0.471 e. The predicted molar refractivity (Wildman–Crippen MR) is 180 cm³/mol. The number of rotatable bonds is 14. The van der Waals surface area contributed by atoms with Crippen LogP contribution in [0.1, 0.15) is 42.2 Å². The third-order valence-electron chi connectivity index (χ3n) is 8.43. The molecule has 0 saturated carbocycles. The number of nitrogens with zero attached hydrogens (tertiary/aromatic N) is 1. The van der Waals surface area contributed by atoms with E-state index in [0.29, 0.717) is 34.4 Å². The molecule has 0 bridgehead atoms. The lowest BCUT2D eigenvalue weighted by atomic mass is 9.80. The van der Waals surface area contributed by atoms with Crippen molar-refractivity contribution >= 4 is 23.5 Å². The number of carboxylic acid groups (broad SMARTS) is 1. The summed E-state index contributed by atoms with van der Waals surface area (Å²) in [5.41, 5.74) is -2.72. The van der Waals surface area contributed by atoms with Gasteiger partial charge in [-0.3, -0.25) is 28.7 Å². The third-order valence-corrected chi connectivity index (χ3v) is 8.43. The number of hydrogen-bond donors (Lipinski definition) is 3. The number of aromatic amines is 1. The van der Waals surface area contributed by atoms with E-state index in [-0.39, 0.29) is 13.0 Å². The highest BCUT2D eigenvalue weighted by Gasteiger charge is 2.44. The van der Waals surface area contributed by atoms with E-state index in [0.717, 1.165) is 4.57 Å². The Kier molecular flexibility index (Phi) is 11.7. The van der Waals surface area contributed by atoms with Crippen LogP contribution in [0.3, 0.4) is 0 Å². The zero-order chi connectivity index (χ0) is 38.3. The van der Waals surface area contributed by atoms with Crippen molar-refractivity contribution in [2.45, 2.75) is 49.5 Å². The number of ether oxygens (including phenoxy) is 5. The quantitative estimate of drug-likeness (QED) is 0.125. The molecule has 2 heterocycles. The summed E-state index contributed by atoms with van der Waals surface area (Å²) in [5.74, 6) is -3.47. The number of amides is 1. The van der Waals surface area contributed by atoms with Gasteiger partial charge in [0.15, 0.2) is 0 Å². The summed E-state index contributed by atoms with van der Waals surface area (Å²) >= 11 is 0. The van der Waals surface area contributed by atoms with Gasteiger partial charge in [-0.25, -0.2) is 4.79 Å². The van der Waals surface area contributed by atoms with Crippen LogP contribution in [0.25, 0.3) is 0 Å². The number of aromatic nitrogens is 2. The second kappa shape index (κ2) is 16.2. The first kappa shape index (κ1) is 38.3. The molecule has 3 aromatic carbocycles. The SMILES string of the molecule is COc1ccc(C(OC[C@H]2O[C@@H](n3cc(NC(=O)C(F)(F)F)c(=O)[nH]c3=O)C[C@@H]2OC(=O)CCC(=O)O)(c2ccccc2)c2ccc(OC)cc2)cc1. The van der Waals surface area contributed by atoms with E-state index >= 15 is 0 Å². The number of carbonyl (C=O) groups excluding carboxylic acids is 2. The fourth-order valence-electron chi connectivity index (χ4n) is 5.84. The van der Waals surface area contributed by atoms with Crippen molar-refractivity contribution in [2.75, 3.05) is 26.1 Å². The van der Waals surface area contributed by atoms with Gasteiger partial charge in [-0.05, 0) is 41.0 Å². The van der Waals surface area contributed by atoms with Gasteiger partial charge in [-0.15, -0.1) is 0 Å². The van der Waals surface area contributed by atoms with Gasteiger partial charge < -0.3 is 34.1 Å². The largest absolute Gasteiger partial charge is 0.497 e. The Morgan fingerprint density at radius 1 is 0.887 bits per heavy atom. The molecule has 0 aliphatic carbocycles. The molecule has 1 aromatic heterocycles. The lowest BCUT2D eigenvalue weighted by Gasteiger charge is -2.37. The topological polar surface area (TPSA) is 184 Å². The summed E-state index contributed by atoms with van der Waals surface area (Å²) in [6, 6.07) is 23.3. The summed E-state index contributed by atoms with van der Waals surface area (Å²) in [7, 11) is 3.04. The molecule has 5 rings (SSSR count). The zero-order valence-corrected chi connectivity index (χ0v) is 28.3. The molecule has 1 fully saturated rings. The molecular formula is C36H34F3N3O11. The first-order valence-electron chi connectivity index (χ1n) is 16.0. The van der Waals surface area contributed by atoms with Crippen molar-refractivity contribution in [3.8, 4) is 11.5 Å². The van der Waals surface area contributed by atoms with Crippen molar-refractivity contribution in [1.82, 2.24) is 9.55 Å². The molecular weight excluding hydrogens is 707 g/mol. The van der Waals surface area contributed by atoms with Crippen LogP contribution in [0, 0.1) is 0 Å². The van der Waals surface area contributed by atoms with Gasteiger partial charge in [0.05, 0.1) is 33.7 Å². The molecule has 1 aliphatic rings. The van der Waals surface area contributed by atoms with Crippen molar-refractivity contribution in [3.63, 3.8) is 0 Å². The summed E-state index contributed by atoms with van der Waals surface area (Å²) < 4.78 is 69.1. The molecule has 1 saturated heterocycles. The number of carboxylic acids is 1. The number of benzene rings is 3. The summed E-state index contributed by atoms with van der Waals surface area (Å²) in [6.45, 7) is -0.337. The average molecular weight is 742 g/mol. The van der Waals surface area contributed by atoms with Gasteiger partial charge in [0.2, 0.25) is 0 Å². The Hall–Kier alpha value is -5.94. The fourth-order valence-corrected chi connectivity index (χ4v) is 5.84. The second-order valence-electron chi connectivity index (χ2n) is 11.8. The standard InChI is InChI=1S/C36H34F3N3O11/c1-49-24-12-8-22(9-13-24)35(21-6-4-3-5-7-21,23-10-14-25(50-2)15-11-23)51-20-28-27(53-31(45)17-16-30(43)44)18-29(52-28)42-19-26(32(46)41-34(42)48)40-33(47)36(37,38)39/h3-15,19,27-29H,16-18,20H2,1-2H3,(H,40,47)(H,43,44)(H,41,46,48)/t27-,28+,29+/m0/s1. The Morgan fingerprint density at radius 2 is 1.45 bits per heavy atom. The normalized spacial score (nSPS) is 17.2. The number of methoxy groups -OCH3 is 2. The molecule has 17 heteroatoms. The maximum absolute atomic E-state index is 13.0. The lowest BCUT2D eigenvalue weighted by molar-refractivity contribution is -0.167. The first-order chi connectivity index (χ1) is 25.2. The van der Waals surface area contributed by atoms with Crippen LogP contribution < -0.4 is 26.0 Å². The maximum atomic E-state index is 13.0. The fraction of sp³-hybridized carbons (Fsp3) is 0.306. The van der Waals surface area contributed by atoms with Crippen LogP contribution in [0.5, 0.6) is 11.5 Å². The smallest absolute Gasteiger partial charge is 0.471 e. The highest BCUT2D eigenvalue weighted by Crippen LogP contribution is 2.43. The first-order valence-corrected chi connectivity index (χ1v) is 16.0. The Morgan fingerprint density at radius 3 is 1.98 bits per heavy atom. The highest BCUT2D eigenvalue weighted by atomic mass is 19.4. The Labute approximate surface area is 299 Å². The van der Waals surface area contributed by atoms with Gasteiger partial charge in [0.25, 0.3) is 5.56 Å². The number of hydrogen-bond acceptors (Lipinski definition) is 10. The van der Waals surface area contributed by atoms with Crippen LogP contribution in [-0.4, -0.2) is 71.7 Å². The van der Waals surface area contributed by atoms with E-state index in [4.69, 9.17) is 28.8 Å². The highest BCUT2D eigenvalue weighted by molar-refractivity contribution is 5.94. The summed E-state index contributed by atoms with van der Waals surface area (Å²) in [5, 5.41) is 10.5. The van der Waals surface area contributed by atoms with Crippen LogP contribution in [-0.2, 0) is 34.2 Å². The van der Waals surface area contributed by atoms with Crippen LogP contribution in [0.15, 0.2) is 94.6 Å². The third kappa shape index (κ3) is 8.75. The molecule has 0 unspecified atom stereocenters. The molecule has 0 spiro atoms. The Bertz CT molecular complexity index is 1990. The molecule has 53 heavy (non-hydrogen) atoms. The molecule has 1 aliphatic heterocycles. The van der Waals surface area contributed by atoms with Crippen LogP contribution in [0.4, 0.5) is 18.9 Å². The average Bonchev–Trinajstić information content (AvgIpc) is 3.54. The van der Waals surface area contributed by atoms with Crippen molar-refractivity contribution in [2.24, 2.45) is 0 Å². The summed E-state index contributed by atoms with van der Waals surface area (Å²) in [4.78, 5) is 62.6. The number of H-pyrrole nitrogens is 1. The number of halogens is 3. The van der Waals surface area contributed by atoms with E-state index in [1.807, 2.05) is 35.3 Å². The van der Waals surface area contributed by atoms with Gasteiger partial charge in [0, 0.05) is 12.6 Å². The molecule has 14 nitrogen and oxygen atoms in total. The molecule has 280 valence electrons. The van der Waals surface area contributed by atoms with E-state index in [2.05, 4.69) is 0 Å². The monoisotopic (exact) mass is 741 g/mol. The number of aliphatic carboxylic acids is 1.